The van der Waals surface area contributed by atoms with Gasteiger partial charge in [-0.05, 0) is 44.4 Å². The van der Waals surface area contributed by atoms with Gasteiger partial charge in [-0.2, -0.15) is 0 Å². The number of rotatable bonds is 3. The van der Waals surface area contributed by atoms with Gasteiger partial charge in [-0.3, -0.25) is 4.90 Å². The number of piperidine rings is 1. The van der Waals surface area contributed by atoms with E-state index in [1.165, 1.54) is 6.42 Å². The van der Waals surface area contributed by atoms with Gasteiger partial charge in [0.2, 0.25) is 0 Å². The van der Waals surface area contributed by atoms with Crippen LogP contribution in [0.1, 0.15) is 31.6 Å². The minimum atomic E-state index is 0.307. The molecule has 2 heterocycles. The van der Waals surface area contributed by atoms with Crippen molar-refractivity contribution >= 4 is 0 Å². The highest BCUT2D eigenvalue weighted by atomic mass is 16.3. The number of aliphatic hydroxyl groups is 1. The minimum absolute atomic E-state index is 0.307. The van der Waals surface area contributed by atoms with E-state index >= 15 is 0 Å². The zero-order valence-corrected chi connectivity index (χ0v) is 9.22. The third-order valence-corrected chi connectivity index (χ3v) is 3.31. The number of hydrogen-bond donors (Lipinski definition) is 1. The first-order valence-corrected chi connectivity index (χ1v) is 5.69. The number of likely N-dealkylation sites (tertiary alicyclic amines) is 1. The second kappa shape index (κ2) is 4.81. The molecule has 1 aliphatic heterocycles. The molecule has 1 fully saturated rings. The quantitative estimate of drug-likeness (QED) is 0.827. The third-order valence-electron chi connectivity index (χ3n) is 3.31. The lowest BCUT2D eigenvalue weighted by Gasteiger charge is -2.35. The number of furan rings is 1. The standard InChI is InChI=1S/C12H19NO2/c1-10(12-5-3-7-15-12)13-6-2-4-11(8-13)9-14/h3,5,7,10-11,14H,2,4,6,8-9H2,1H3/t10-,11-/m1/s1. The Morgan fingerprint density at radius 2 is 2.53 bits per heavy atom. The Bertz CT molecular complexity index is 284. The molecule has 1 aliphatic rings. The van der Waals surface area contributed by atoms with Crippen LogP contribution < -0.4 is 0 Å². The summed E-state index contributed by atoms with van der Waals surface area (Å²) in [5, 5.41) is 9.17. The molecular weight excluding hydrogens is 190 g/mol. The van der Waals surface area contributed by atoms with E-state index in [4.69, 9.17) is 4.42 Å². The molecule has 0 unspecified atom stereocenters. The van der Waals surface area contributed by atoms with Crippen LogP contribution in [-0.4, -0.2) is 29.7 Å². The Morgan fingerprint density at radius 1 is 1.67 bits per heavy atom. The van der Waals surface area contributed by atoms with Crippen LogP contribution in [0.15, 0.2) is 22.8 Å². The van der Waals surface area contributed by atoms with Gasteiger partial charge in [0.25, 0.3) is 0 Å². The summed E-state index contributed by atoms with van der Waals surface area (Å²) in [5.74, 6) is 1.46. The zero-order chi connectivity index (χ0) is 10.7. The molecule has 2 rings (SSSR count). The molecule has 1 saturated heterocycles. The maximum absolute atomic E-state index is 9.17. The normalized spacial score (nSPS) is 25.3. The van der Waals surface area contributed by atoms with Crippen molar-refractivity contribution in [3.05, 3.63) is 24.2 Å². The van der Waals surface area contributed by atoms with Crippen LogP contribution in [0.4, 0.5) is 0 Å². The maximum Gasteiger partial charge on any atom is 0.120 e. The summed E-state index contributed by atoms with van der Waals surface area (Å²) in [6.07, 6.45) is 4.05. The van der Waals surface area contributed by atoms with Gasteiger partial charge in [0.05, 0.1) is 12.3 Å². The van der Waals surface area contributed by atoms with Crippen LogP contribution in [0.3, 0.4) is 0 Å². The van der Waals surface area contributed by atoms with Crippen molar-refractivity contribution in [2.75, 3.05) is 19.7 Å². The Hall–Kier alpha value is -0.800. The first kappa shape index (κ1) is 10.7. The largest absolute Gasteiger partial charge is 0.468 e. The van der Waals surface area contributed by atoms with E-state index in [1.807, 2.05) is 12.1 Å². The Kier molecular flexibility index (Phi) is 3.44. The first-order valence-electron chi connectivity index (χ1n) is 5.69. The predicted molar refractivity (Wildman–Crippen MR) is 58.5 cm³/mol. The molecule has 1 N–H and O–H groups in total. The fourth-order valence-electron chi connectivity index (χ4n) is 2.31. The van der Waals surface area contributed by atoms with Gasteiger partial charge in [0, 0.05) is 13.2 Å². The van der Waals surface area contributed by atoms with Crippen LogP contribution in [0, 0.1) is 5.92 Å². The molecule has 84 valence electrons. The lowest BCUT2D eigenvalue weighted by Crippen LogP contribution is -2.38. The first-order chi connectivity index (χ1) is 7.31. The van der Waals surface area contributed by atoms with Crippen LogP contribution in [0.25, 0.3) is 0 Å². The van der Waals surface area contributed by atoms with Crippen LogP contribution in [0.2, 0.25) is 0 Å². The Morgan fingerprint density at radius 3 is 3.20 bits per heavy atom. The van der Waals surface area contributed by atoms with E-state index in [-0.39, 0.29) is 0 Å². The van der Waals surface area contributed by atoms with Gasteiger partial charge in [-0.25, -0.2) is 0 Å². The Labute approximate surface area is 90.7 Å². The molecule has 1 aromatic heterocycles. The topological polar surface area (TPSA) is 36.6 Å². The lowest BCUT2D eigenvalue weighted by atomic mass is 9.97. The summed E-state index contributed by atoms with van der Waals surface area (Å²) < 4.78 is 5.41. The predicted octanol–water partition coefficient (Wildman–Crippen LogP) is 2.04. The fraction of sp³-hybridized carbons (Fsp3) is 0.667. The molecule has 0 amide bonds. The average molecular weight is 209 g/mol. The summed E-state index contributed by atoms with van der Waals surface area (Å²) in [6, 6.07) is 4.28. The van der Waals surface area contributed by atoms with Crippen molar-refractivity contribution in [1.29, 1.82) is 0 Å². The molecule has 1 aromatic rings. The average Bonchev–Trinajstić information content (AvgIpc) is 2.81. The zero-order valence-electron chi connectivity index (χ0n) is 9.22. The molecule has 0 saturated carbocycles. The fourth-order valence-corrected chi connectivity index (χ4v) is 2.31. The van der Waals surface area contributed by atoms with Gasteiger partial charge >= 0.3 is 0 Å². The number of aliphatic hydroxyl groups excluding tert-OH is 1. The second-order valence-electron chi connectivity index (χ2n) is 4.38. The molecule has 0 spiro atoms. The van der Waals surface area contributed by atoms with E-state index in [1.54, 1.807) is 6.26 Å². The summed E-state index contributed by atoms with van der Waals surface area (Å²) in [4.78, 5) is 2.39. The summed E-state index contributed by atoms with van der Waals surface area (Å²) >= 11 is 0. The van der Waals surface area contributed by atoms with Crippen molar-refractivity contribution < 1.29 is 9.52 Å². The molecule has 3 heteroatoms. The van der Waals surface area contributed by atoms with Gasteiger partial charge in [0.15, 0.2) is 0 Å². The van der Waals surface area contributed by atoms with Gasteiger partial charge in [-0.15, -0.1) is 0 Å². The number of nitrogens with zero attached hydrogens (tertiary/aromatic N) is 1. The molecular formula is C12H19NO2. The highest BCUT2D eigenvalue weighted by Gasteiger charge is 2.24. The van der Waals surface area contributed by atoms with Crippen LogP contribution in [-0.2, 0) is 0 Å². The van der Waals surface area contributed by atoms with Crippen molar-refractivity contribution in [3.8, 4) is 0 Å². The smallest absolute Gasteiger partial charge is 0.120 e. The van der Waals surface area contributed by atoms with Gasteiger partial charge in [-0.1, -0.05) is 0 Å². The van der Waals surface area contributed by atoms with E-state index < -0.39 is 0 Å². The summed E-state index contributed by atoms with van der Waals surface area (Å²) in [7, 11) is 0. The van der Waals surface area contributed by atoms with Crippen molar-refractivity contribution in [2.45, 2.75) is 25.8 Å². The lowest BCUT2D eigenvalue weighted by molar-refractivity contribution is 0.0857. The monoisotopic (exact) mass is 209 g/mol. The molecule has 15 heavy (non-hydrogen) atoms. The molecule has 0 aliphatic carbocycles. The van der Waals surface area contributed by atoms with Crippen molar-refractivity contribution in [2.24, 2.45) is 5.92 Å². The SMILES string of the molecule is C[C@H](c1ccco1)N1CCC[C@@H](CO)C1. The molecule has 0 bridgehead atoms. The Balaban J connectivity index is 1.98. The second-order valence-corrected chi connectivity index (χ2v) is 4.38. The van der Waals surface area contributed by atoms with Crippen LogP contribution in [0.5, 0.6) is 0 Å². The van der Waals surface area contributed by atoms with E-state index in [9.17, 15) is 5.11 Å². The molecule has 0 radical (unpaired) electrons. The summed E-state index contributed by atoms with van der Waals surface area (Å²) in [6.45, 7) is 4.57. The van der Waals surface area contributed by atoms with E-state index in [0.29, 0.717) is 18.6 Å². The number of hydrogen-bond acceptors (Lipinski definition) is 3. The molecule has 2 atom stereocenters. The van der Waals surface area contributed by atoms with Crippen molar-refractivity contribution in [3.63, 3.8) is 0 Å². The van der Waals surface area contributed by atoms with Gasteiger partial charge in [0.1, 0.15) is 5.76 Å². The van der Waals surface area contributed by atoms with Crippen LogP contribution >= 0.6 is 0 Å². The van der Waals surface area contributed by atoms with Crippen molar-refractivity contribution in [1.82, 2.24) is 4.90 Å². The van der Waals surface area contributed by atoms with E-state index in [0.717, 1.165) is 25.3 Å². The van der Waals surface area contributed by atoms with E-state index in [2.05, 4.69) is 11.8 Å². The van der Waals surface area contributed by atoms with Gasteiger partial charge < -0.3 is 9.52 Å². The molecule has 3 nitrogen and oxygen atoms in total. The highest BCUT2D eigenvalue weighted by molar-refractivity contribution is 5.03. The summed E-state index contributed by atoms with van der Waals surface area (Å²) in [5.41, 5.74) is 0. The third kappa shape index (κ3) is 2.41. The maximum atomic E-state index is 9.17. The molecule has 0 aromatic carbocycles. The minimum Gasteiger partial charge on any atom is -0.468 e. The highest BCUT2D eigenvalue weighted by Crippen LogP contribution is 2.26.